The van der Waals surface area contributed by atoms with Gasteiger partial charge in [0.05, 0.1) is 5.69 Å². The monoisotopic (exact) mass is 311 g/mol. The first-order valence-electron chi connectivity index (χ1n) is 5.97. The maximum atomic E-state index is 13.4. The van der Waals surface area contributed by atoms with Crippen molar-refractivity contribution in [2.45, 2.75) is 12.5 Å². The highest BCUT2D eigenvalue weighted by atomic mass is 32.2. The molecule has 0 aromatic heterocycles. The smallest absolute Gasteiger partial charge is 0.326 e. The predicted molar refractivity (Wildman–Crippen MR) is 77.7 cm³/mol. The molecule has 21 heavy (non-hydrogen) atoms. The average Bonchev–Trinajstić information content (AvgIpc) is 2.43. The number of aliphatic carboxylic acids is 1. The molecule has 8 heteroatoms. The number of hydrogen-bond donors (Lipinski definition) is 3. The molecule has 1 atom stereocenters. The molecular weight excluding hydrogens is 297 g/mol. The Morgan fingerprint density at radius 3 is 2.81 bits per heavy atom. The molecule has 0 fully saturated rings. The van der Waals surface area contributed by atoms with Crippen molar-refractivity contribution in [1.82, 2.24) is 5.32 Å². The van der Waals surface area contributed by atoms with Crippen molar-refractivity contribution in [1.29, 1.82) is 5.26 Å². The second kappa shape index (κ2) is 8.11. The van der Waals surface area contributed by atoms with Crippen LogP contribution in [0.15, 0.2) is 18.2 Å². The summed E-state index contributed by atoms with van der Waals surface area (Å²) in [6, 6.07) is 3.60. The number of carboxylic acid groups (broad SMARTS) is 1. The molecule has 3 N–H and O–H groups in total. The third-order valence-electron chi connectivity index (χ3n) is 2.59. The molecule has 6 nitrogen and oxygen atoms in total. The van der Waals surface area contributed by atoms with Gasteiger partial charge in [0, 0.05) is 0 Å². The average molecular weight is 311 g/mol. The molecule has 0 spiro atoms. The van der Waals surface area contributed by atoms with Crippen LogP contribution >= 0.6 is 11.8 Å². The van der Waals surface area contributed by atoms with Crippen molar-refractivity contribution >= 4 is 29.4 Å². The van der Waals surface area contributed by atoms with E-state index in [9.17, 15) is 14.0 Å². The third kappa shape index (κ3) is 4.96. The molecule has 1 aromatic carbocycles. The molecule has 0 aliphatic heterocycles. The molecule has 0 heterocycles. The SMILES string of the molecule is CSCC[C@@H](NC(=O)Nc1cccc(F)c1C#N)C(=O)O. The lowest BCUT2D eigenvalue weighted by Crippen LogP contribution is -2.43. The number of amides is 2. The first-order valence-corrected chi connectivity index (χ1v) is 7.36. The Kier molecular flexibility index (Phi) is 6.49. The van der Waals surface area contributed by atoms with Crippen molar-refractivity contribution in [3.8, 4) is 6.07 Å². The minimum absolute atomic E-state index is 0.0102. The van der Waals surface area contributed by atoms with Gasteiger partial charge in [0.15, 0.2) is 0 Å². The minimum atomic E-state index is -1.15. The lowest BCUT2D eigenvalue weighted by molar-refractivity contribution is -0.139. The number of nitriles is 1. The summed E-state index contributed by atoms with van der Waals surface area (Å²) in [4.78, 5) is 22.8. The summed E-state index contributed by atoms with van der Waals surface area (Å²) < 4.78 is 13.4. The lowest BCUT2D eigenvalue weighted by atomic mass is 10.2. The Morgan fingerprint density at radius 1 is 1.52 bits per heavy atom. The van der Waals surface area contributed by atoms with E-state index < -0.39 is 23.9 Å². The molecule has 0 bridgehead atoms. The highest BCUT2D eigenvalue weighted by molar-refractivity contribution is 7.98. The van der Waals surface area contributed by atoms with Crippen molar-refractivity contribution in [2.24, 2.45) is 0 Å². The van der Waals surface area contributed by atoms with Gasteiger partial charge in [-0.25, -0.2) is 14.0 Å². The number of urea groups is 1. The number of thioether (sulfide) groups is 1. The number of nitrogens with zero attached hydrogens (tertiary/aromatic N) is 1. The van der Waals surface area contributed by atoms with E-state index in [0.29, 0.717) is 5.75 Å². The fourth-order valence-corrected chi connectivity index (χ4v) is 2.02. The first-order chi connectivity index (χ1) is 9.99. The molecule has 0 aliphatic carbocycles. The standard InChI is InChI=1S/C13H14FN3O3S/c1-21-6-5-11(12(18)19)17-13(20)16-10-4-2-3-9(14)8(10)7-15/h2-4,11H,5-6H2,1H3,(H,18,19)(H2,16,17,20)/t11-/m1/s1. The van der Waals surface area contributed by atoms with E-state index >= 15 is 0 Å². The van der Waals surface area contributed by atoms with E-state index in [1.165, 1.54) is 23.9 Å². The molecular formula is C13H14FN3O3S. The second-order valence-electron chi connectivity index (χ2n) is 4.04. The highest BCUT2D eigenvalue weighted by Crippen LogP contribution is 2.17. The Hall–Kier alpha value is -2.27. The topological polar surface area (TPSA) is 102 Å². The van der Waals surface area contributed by atoms with Gasteiger partial charge < -0.3 is 15.7 Å². The summed E-state index contributed by atoms with van der Waals surface area (Å²) in [7, 11) is 0. The summed E-state index contributed by atoms with van der Waals surface area (Å²) in [5, 5.41) is 22.4. The molecule has 0 saturated carbocycles. The number of hydrogen-bond acceptors (Lipinski definition) is 4. The molecule has 1 rings (SSSR count). The molecule has 0 unspecified atom stereocenters. The molecule has 112 valence electrons. The summed E-state index contributed by atoms with van der Waals surface area (Å²) in [6.45, 7) is 0. The zero-order valence-electron chi connectivity index (χ0n) is 11.2. The van der Waals surface area contributed by atoms with Gasteiger partial charge in [-0.3, -0.25) is 0 Å². The van der Waals surface area contributed by atoms with Crippen LogP contribution in [0.3, 0.4) is 0 Å². The highest BCUT2D eigenvalue weighted by Gasteiger charge is 2.20. The van der Waals surface area contributed by atoms with Gasteiger partial charge in [0.1, 0.15) is 23.5 Å². The van der Waals surface area contributed by atoms with Crippen molar-refractivity contribution in [3.05, 3.63) is 29.6 Å². The molecule has 0 radical (unpaired) electrons. The van der Waals surface area contributed by atoms with Crippen molar-refractivity contribution in [3.63, 3.8) is 0 Å². The van der Waals surface area contributed by atoms with Gasteiger partial charge >= 0.3 is 12.0 Å². The summed E-state index contributed by atoms with van der Waals surface area (Å²) in [6.07, 6.45) is 2.09. The van der Waals surface area contributed by atoms with E-state index in [0.717, 1.165) is 6.07 Å². The van der Waals surface area contributed by atoms with E-state index in [2.05, 4.69) is 10.6 Å². The predicted octanol–water partition coefficient (Wildman–Crippen LogP) is 2.03. The number of carboxylic acids is 1. The summed E-state index contributed by atoms with van der Waals surface area (Å²) >= 11 is 1.46. The number of carbonyl (C=O) groups excluding carboxylic acids is 1. The number of rotatable bonds is 6. The Labute approximate surface area is 125 Å². The molecule has 0 aliphatic rings. The summed E-state index contributed by atoms with van der Waals surface area (Å²) in [5.41, 5.74) is -0.312. The Morgan fingerprint density at radius 2 is 2.24 bits per heavy atom. The molecule has 2 amide bonds. The third-order valence-corrected chi connectivity index (χ3v) is 3.23. The van der Waals surface area contributed by atoms with Crippen LogP contribution in [-0.2, 0) is 4.79 Å². The normalized spacial score (nSPS) is 11.3. The van der Waals surface area contributed by atoms with Gasteiger partial charge in [-0.15, -0.1) is 0 Å². The number of halogens is 1. The minimum Gasteiger partial charge on any atom is -0.480 e. The van der Waals surface area contributed by atoms with Crippen molar-refractivity contribution in [2.75, 3.05) is 17.3 Å². The second-order valence-corrected chi connectivity index (χ2v) is 5.03. The van der Waals surface area contributed by atoms with Crippen LogP contribution in [0.5, 0.6) is 0 Å². The van der Waals surface area contributed by atoms with Crippen LogP contribution in [0.1, 0.15) is 12.0 Å². The molecule has 1 aromatic rings. The first kappa shape index (κ1) is 16.8. The van der Waals surface area contributed by atoms with Gasteiger partial charge in [-0.05, 0) is 30.6 Å². The van der Waals surface area contributed by atoms with Crippen LogP contribution < -0.4 is 10.6 Å². The largest absolute Gasteiger partial charge is 0.480 e. The number of benzene rings is 1. The number of nitrogens with one attached hydrogen (secondary N) is 2. The van der Waals surface area contributed by atoms with E-state index in [1.54, 1.807) is 6.07 Å². The fourth-order valence-electron chi connectivity index (χ4n) is 1.55. The fraction of sp³-hybridized carbons (Fsp3) is 0.308. The maximum Gasteiger partial charge on any atom is 0.326 e. The van der Waals surface area contributed by atoms with Crippen molar-refractivity contribution < 1.29 is 19.1 Å². The summed E-state index contributed by atoms with van der Waals surface area (Å²) in [5.74, 6) is -1.34. The van der Waals surface area contributed by atoms with Gasteiger partial charge in [-0.2, -0.15) is 17.0 Å². The van der Waals surface area contributed by atoms with Gasteiger partial charge in [0.25, 0.3) is 0 Å². The zero-order chi connectivity index (χ0) is 15.8. The van der Waals surface area contributed by atoms with Crippen LogP contribution in [0, 0.1) is 17.1 Å². The number of anilines is 1. The van der Waals surface area contributed by atoms with Gasteiger partial charge in [0.2, 0.25) is 0 Å². The zero-order valence-corrected chi connectivity index (χ0v) is 12.0. The van der Waals surface area contributed by atoms with Crippen LogP contribution in [0.25, 0.3) is 0 Å². The molecule has 0 saturated heterocycles. The van der Waals surface area contributed by atoms with Gasteiger partial charge in [-0.1, -0.05) is 6.07 Å². The van der Waals surface area contributed by atoms with E-state index in [4.69, 9.17) is 10.4 Å². The maximum absolute atomic E-state index is 13.4. The Bertz CT molecular complexity index is 574. The van der Waals surface area contributed by atoms with Crippen LogP contribution in [-0.4, -0.2) is 35.2 Å². The van der Waals surface area contributed by atoms with E-state index in [-0.39, 0.29) is 17.7 Å². The van der Waals surface area contributed by atoms with E-state index in [1.807, 2.05) is 6.26 Å². The van der Waals surface area contributed by atoms with Crippen LogP contribution in [0.2, 0.25) is 0 Å². The Balaban J connectivity index is 2.75. The lowest BCUT2D eigenvalue weighted by Gasteiger charge is -2.15. The van der Waals surface area contributed by atoms with Crippen LogP contribution in [0.4, 0.5) is 14.9 Å². The quantitative estimate of drug-likeness (QED) is 0.746. The number of carbonyl (C=O) groups is 2.